The number of benzene rings is 2. The summed E-state index contributed by atoms with van der Waals surface area (Å²) in [6.07, 6.45) is 6.57. The molecular formula is C23H29ClN2O. The Morgan fingerprint density at radius 2 is 2.07 bits per heavy atom. The summed E-state index contributed by atoms with van der Waals surface area (Å²) >= 11 is 6.10. The largest absolute Gasteiger partial charge is 0.326 e. The summed E-state index contributed by atoms with van der Waals surface area (Å²) in [5.41, 5.74) is 4.97. The van der Waals surface area contributed by atoms with Gasteiger partial charge in [0.25, 0.3) is 0 Å². The summed E-state index contributed by atoms with van der Waals surface area (Å²) < 4.78 is 0. The van der Waals surface area contributed by atoms with Crippen molar-refractivity contribution in [2.75, 3.05) is 5.32 Å². The Kier molecular flexibility index (Phi) is 6.92. The first-order chi connectivity index (χ1) is 13.0. The number of nitrogens with one attached hydrogen (secondary N) is 2. The van der Waals surface area contributed by atoms with Crippen molar-refractivity contribution in [3.8, 4) is 0 Å². The molecule has 4 heteroatoms. The van der Waals surface area contributed by atoms with Gasteiger partial charge in [0, 0.05) is 29.7 Å². The van der Waals surface area contributed by atoms with Crippen LogP contribution in [0.1, 0.15) is 49.8 Å². The second kappa shape index (κ2) is 9.38. The smallest absolute Gasteiger partial charge is 0.221 e. The molecule has 0 radical (unpaired) electrons. The lowest BCUT2D eigenvalue weighted by Gasteiger charge is -2.30. The van der Waals surface area contributed by atoms with E-state index < -0.39 is 0 Å². The molecule has 2 unspecified atom stereocenters. The number of anilines is 1. The fraction of sp³-hybridized carbons (Fsp3) is 0.435. The summed E-state index contributed by atoms with van der Waals surface area (Å²) in [4.78, 5) is 11.3. The van der Waals surface area contributed by atoms with Crippen LogP contribution >= 0.6 is 11.6 Å². The normalized spacial score (nSPS) is 17.2. The Morgan fingerprint density at radius 3 is 2.81 bits per heavy atom. The minimum atomic E-state index is -0.0208. The monoisotopic (exact) mass is 384 g/mol. The molecule has 27 heavy (non-hydrogen) atoms. The number of hydrogen-bond acceptors (Lipinski definition) is 2. The van der Waals surface area contributed by atoms with Crippen molar-refractivity contribution in [3.63, 3.8) is 0 Å². The number of rotatable bonds is 7. The minimum Gasteiger partial charge on any atom is -0.326 e. The van der Waals surface area contributed by atoms with Crippen LogP contribution in [0.25, 0.3) is 0 Å². The van der Waals surface area contributed by atoms with Gasteiger partial charge in [-0.15, -0.1) is 0 Å². The SMILES string of the molecule is CCC(CCc1cccc(Cl)c1)NC1CCc2ccc(NC(C)=O)cc2C1. The first kappa shape index (κ1) is 19.9. The molecule has 1 aliphatic carbocycles. The number of aryl methyl sites for hydroxylation is 2. The molecule has 0 saturated carbocycles. The highest BCUT2D eigenvalue weighted by Gasteiger charge is 2.21. The quantitative estimate of drug-likeness (QED) is 0.692. The van der Waals surface area contributed by atoms with Gasteiger partial charge in [-0.25, -0.2) is 0 Å². The predicted molar refractivity (Wildman–Crippen MR) is 114 cm³/mol. The summed E-state index contributed by atoms with van der Waals surface area (Å²) in [6.45, 7) is 3.80. The highest BCUT2D eigenvalue weighted by Crippen LogP contribution is 2.25. The molecule has 0 saturated heterocycles. The molecule has 0 bridgehead atoms. The average molecular weight is 385 g/mol. The van der Waals surface area contributed by atoms with Gasteiger partial charge in [0.1, 0.15) is 0 Å². The summed E-state index contributed by atoms with van der Waals surface area (Å²) in [5.74, 6) is -0.0208. The fourth-order valence-corrected chi connectivity index (χ4v) is 4.17. The standard InChI is InChI=1S/C23H29ClN2O/c1-3-21(10-7-17-5-4-6-20(24)13-17)26-23-12-9-18-8-11-22(25-16(2)27)14-19(18)15-23/h4-6,8,11,13-14,21,23,26H,3,7,9-10,12,15H2,1-2H3,(H,25,27). The number of fused-ring (bicyclic) bond motifs is 1. The highest BCUT2D eigenvalue weighted by molar-refractivity contribution is 6.30. The van der Waals surface area contributed by atoms with Crippen LogP contribution in [-0.4, -0.2) is 18.0 Å². The zero-order valence-corrected chi connectivity index (χ0v) is 17.0. The Balaban J connectivity index is 1.57. The molecule has 2 N–H and O–H groups in total. The third-order valence-corrected chi connectivity index (χ3v) is 5.62. The summed E-state index contributed by atoms with van der Waals surface area (Å²) in [7, 11) is 0. The van der Waals surface area contributed by atoms with E-state index in [0.717, 1.165) is 42.8 Å². The molecule has 2 atom stereocenters. The number of carbonyl (C=O) groups is 1. The number of carbonyl (C=O) groups excluding carboxylic acids is 1. The van der Waals surface area contributed by atoms with E-state index in [1.807, 2.05) is 18.2 Å². The number of hydrogen-bond donors (Lipinski definition) is 2. The second-order valence-corrected chi connectivity index (χ2v) is 7.98. The van der Waals surface area contributed by atoms with Crippen molar-refractivity contribution in [2.45, 2.75) is 64.5 Å². The third-order valence-electron chi connectivity index (χ3n) is 5.39. The third kappa shape index (κ3) is 5.82. The molecule has 0 spiro atoms. The molecule has 1 aliphatic rings. The number of halogens is 1. The zero-order valence-electron chi connectivity index (χ0n) is 16.2. The van der Waals surface area contributed by atoms with Crippen LogP contribution in [-0.2, 0) is 24.1 Å². The van der Waals surface area contributed by atoms with Gasteiger partial charge in [-0.3, -0.25) is 4.79 Å². The molecule has 144 valence electrons. The van der Waals surface area contributed by atoms with Crippen LogP contribution in [0.3, 0.4) is 0 Å². The van der Waals surface area contributed by atoms with Crippen LogP contribution in [0.15, 0.2) is 42.5 Å². The first-order valence-corrected chi connectivity index (χ1v) is 10.3. The topological polar surface area (TPSA) is 41.1 Å². The van der Waals surface area contributed by atoms with Crippen molar-refractivity contribution < 1.29 is 4.79 Å². The van der Waals surface area contributed by atoms with Crippen LogP contribution in [0.4, 0.5) is 5.69 Å². The molecule has 0 heterocycles. The van der Waals surface area contributed by atoms with Crippen molar-refractivity contribution in [1.82, 2.24) is 5.32 Å². The maximum atomic E-state index is 11.3. The lowest BCUT2D eigenvalue weighted by molar-refractivity contribution is -0.114. The van der Waals surface area contributed by atoms with Crippen LogP contribution in [0.2, 0.25) is 5.02 Å². The maximum Gasteiger partial charge on any atom is 0.221 e. The van der Waals surface area contributed by atoms with Crippen molar-refractivity contribution in [1.29, 1.82) is 0 Å². The maximum absolute atomic E-state index is 11.3. The van der Waals surface area contributed by atoms with E-state index in [0.29, 0.717) is 12.1 Å². The molecule has 1 amide bonds. The van der Waals surface area contributed by atoms with E-state index in [4.69, 9.17) is 11.6 Å². The molecule has 0 aromatic heterocycles. The fourth-order valence-electron chi connectivity index (χ4n) is 3.95. The van der Waals surface area contributed by atoms with Crippen molar-refractivity contribution in [3.05, 3.63) is 64.2 Å². The lowest BCUT2D eigenvalue weighted by Crippen LogP contribution is -2.41. The van der Waals surface area contributed by atoms with Gasteiger partial charge in [-0.2, -0.15) is 0 Å². The van der Waals surface area contributed by atoms with Crippen molar-refractivity contribution >= 4 is 23.2 Å². The van der Waals surface area contributed by atoms with Crippen LogP contribution in [0, 0.1) is 0 Å². The van der Waals surface area contributed by atoms with Gasteiger partial charge in [-0.05, 0) is 79.5 Å². The van der Waals surface area contributed by atoms with Crippen molar-refractivity contribution in [2.24, 2.45) is 0 Å². The molecule has 0 aliphatic heterocycles. The Morgan fingerprint density at radius 1 is 1.22 bits per heavy atom. The first-order valence-electron chi connectivity index (χ1n) is 9.93. The number of amides is 1. The molecule has 3 nitrogen and oxygen atoms in total. The van der Waals surface area contributed by atoms with E-state index in [1.54, 1.807) is 6.92 Å². The van der Waals surface area contributed by atoms with Gasteiger partial charge < -0.3 is 10.6 Å². The predicted octanol–water partition coefficient (Wildman–Crippen LogP) is 5.16. The van der Waals surface area contributed by atoms with Gasteiger partial charge >= 0.3 is 0 Å². The van der Waals surface area contributed by atoms with E-state index in [2.05, 4.69) is 41.8 Å². The van der Waals surface area contributed by atoms with Gasteiger partial charge in [0.15, 0.2) is 0 Å². The Hall–Kier alpha value is -1.84. The zero-order chi connectivity index (χ0) is 19.2. The summed E-state index contributed by atoms with van der Waals surface area (Å²) in [6, 6.07) is 15.5. The molecular weight excluding hydrogens is 356 g/mol. The van der Waals surface area contributed by atoms with Crippen LogP contribution < -0.4 is 10.6 Å². The molecule has 2 aromatic rings. The van der Waals surface area contributed by atoms with E-state index in [-0.39, 0.29) is 5.91 Å². The van der Waals surface area contributed by atoms with E-state index >= 15 is 0 Å². The molecule has 0 fully saturated rings. The average Bonchev–Trinajstić information content (AvgIpc) is 2.64. The molecule has 3 rings (SSSR count). The van der Waals surface area contributed by atoms with E-state index in [9.17, 15) is 4.79 Å². The minimum absolute atomic E-state index is 0.0208. The Bertz CT molecular complexity index is 790. The van der Waals surface area contributed by atoms with Gasteiger partial charge in [-0.1, -0.05) is 36.7 Å². The molecule has 2 aromatic carbocycles. The van der Waals surface area contributed by atoms with Gasteiger partial charge in [0.05, 0.1) is 0 Å². The Labute approximate surface area is 167 Å². The van der Waals surface area contributed by atoms with Gasteiger partial charge in [0.2, 0.25) is 5.91 Å². The lowest BCUT2D eigenvalue weighted by atomic mass is 9.87. The van der Waals surface area contributed by atoms with E-state index in [1.165, 1.54) is 23.1 Å². The summed E-state index contributed by atoms with van der Waals surface area (Å²) in [5, 5.41) is 7.58. The van der Waals surface area contributed by atoms with Crippen LogP contribution in [0.5, 0.6) is 0 Å². The second-order valence-electron chi connectivity index (χ2n) is 7.54. The highest BCUT2D eigenvalue weighted by atomic mass is 35.5.